The monoisotopic (exact) mass is 421 g/mol. The number of ether oxygens (including phenoxy) is 2. The van der Waals surface area contributed by atoms with E-state index in [1.165, 1.54) is 18.4 Å². The summed E-state index contributed by atoms with van der Waals surface area (Å²) in [5, 5.41) is 0. The third-order valence-electron chi connectivity index (χ3n) is 5.36. The van der Waals surface area contributed by atoms with Crippen LogP contribution in [-0.4, -0.2) is 41.6 Å². The molecule has 0 spiro atoms. The van der Waals surface area contributed by atoms with Crippen molar-refractivity contribution in [2.24, 2.45) is 14.1 Å². The smallest absolute Gasteiger partial charge is 0.330 e. The van der Waals surface area contributed by atoms with Gasteiger partial charge < -0.3 is 14.0 Å². The van der Waals surface area contributed by atoms with Gasteiger partial charge in [0.05, 0.1) is 19.3 Å². The summed E-state index contributed by atoms with van der Waals surface area (Å²) in [5.74, 6) is 1.24. The summed E-state index contributed by atoms with van der Waals surface area (Å²) in [6.45, 7) is 1.41. The Morgan fingerprint density at radius 2 is 1.76 bits per heavy atom. The van der Waals surface area contributed by atoms with E-state index in [1.54, 1.807) is 6.07 Å². The second kappa shape index (κ2) is 7.34. The van der Waals surface area contributed by atoms with E-state index in [1.807, 2.05) is 12.1 Å². The van der Waals surface area contributed by atoms with Gasteiger partial charge in [-0.3, -0.25) is 9.36 Å². The van der Waals surface area contributed by atoms with E-state index in [9.17, 15) is 18.0 Å². The van der Waals surface area contributed by atoms with Crippen molar-refractivity contribution in [3.8, 4) is 11.5 Å². The number of hydrogen-bond acceptors (Lipinski definition) is 6. The van der Waals surface area contributed by atoms with Crippen molar-refractivity contribution >= 4 is 10.0 Å². The van der Waals surface area contributed by atoms with Gasteiger partial charge in [-0.1, -0.05) is 6.07 Å². The van der Waals surface area contributed by atoms with Crippen molar-refractivity contribution in [3.05, 3.63) is 50.8 Å². The van der Waals surface area contributed by atoms with Crippen molar-refractivity contribution in [1.29, 1.82) is 0 Å². The van der Waals surface area contributed by atoms with Gasteiger partial charge in [-0.15, -0.1) is 0 Å². The molecule has 1 unspecified atom stereocenters. The Hall–Kier alpha value is -2.59. The SMILES string of the molecule is Cn1cc(S(=O)(=O)N2CCCC2c2ccc3c(c2)OCCCO3)c(=O)n(C)c1=O. The Kier molecular flexibility index (Phi) is 4.99. The second-order valence-corrected chi connectivity index (χ2v) is 9.14. The van der Waals surface area contributed by atoms with Gasteiger partial charge in [0.1, 0.15) is 0 Å². The average molecular weight is 421 g/mol. The van der Waals surface area contributed by atoms with Crippen LogP contribution in [0, 0.1) is 0 Å². The summed E-state index contributed by atoms with van der Waals surface area (Å²) in [4.78, 5) is 24.1. The van der Waals surface area contributed by atoms with Gasteiger partial charge >= 0.3 is 5.69 Å². The molecule has 156 valence electrons. The number of aromatic nitrogens is 2. The molecule has 29 heavy (non-hydrogen) atoms. The highest BCUT2D eigenvalue weighted by molar-refractivity contribution is 7.89. The molecular formula is C19H23N3O6S. The van der Waals surface area contributed by atoms with E-state index in [0.29, 0.717) is 44.1 Å². The third-order valence-corrected chi connectivity index (χ3v) is 7.25. The zero-order chi connectivity index (χ0) is 20.8. The molecule has 2 aromatic rings. The second-order valence-electron chi connectivity index (χ2n) is 7.28. The molecule has 10 heteroatoms. The largest absolute Gasteiger partial charge is 0.490 e. The van der Waals surface area contributed by atoms with Crippen LogP contribution in [0.2, 0.25) is 0 Å². The van der Waals surface area contributed by atoms with Gasteiger partial charge in [-0.2, -0.15) is 4.31 Å². The predicted molar refractivity (Wildman–Crippen MR) is 105 cm³/mol. The number of aryl methyl sites for hydroxylation is 1. The summed E-state index contributed by atoms with van der Waals surface area (Å²) >= 11 is 0. The molecule has 1 aromatic heterocycles. The lowest BCUT2D eigenvalue weighted by molar-refractivity contribution is 0.296. The zero-order valence-electron chi connectivity index (χ0n) is 16.3. The standard InChI is InChI=1S/C19H23N3O6S/c1-20-12-17(18(23)21(2)19(20)24)29(25,26)22-8-3-5-14(22)13-6-7-15-16(11-13)28-10-4-9-27-15/h6-7,11-12,14H,3-5,8-10H2,1-2H3. The highest BCUT2D eigenvalue weighted by Gasteiger charge is 2.38. The van der Waals surface area contributed by atoms with Gasteiger partial charge in [0, 0.05) is 33.3 Å². The van der Waals surface area contributed by atoms with Crippen molar-refractivity contribution < 1.29 is 17.9 Å². The molecular weight excluding hydrogens is 398 g/mol. The minimum atomic E-state index is -4.09. The van der Waals surface area contributed by atoms with Crippen molar-refractivity contribution in [2.45, 2.75) is 30.2 Å². The zero-order valence-corrected chi connectivity index (χ0v) is 17.1. The molecule has 1 saturated heterocycles. The summed E-state index contributed by atoms with van der Waals surface area (Å²) < 4.78 is 41.3. The molecule has 0 bridgehead atoms. The first-order chi connectivity index (χ1) is 13.8. The minimum absolute atomic E-state index is 0.299. The Morgan fingerprint density at radius 3 is 2.52 bits per heavy atom. The Morgan fingerprint density at radius 1 is 1.03 bits per heavy atom. The van der Waals surface area contributed by atoms with E-state index >= 15 is 0 Å². The molecule has 1 atom stereocenters. The van der Waals surface area contributed by atoms with Crippen LogP contribution in [0.1, 0.15) is 30.9 Å². The van der Waals surface area contributed by atoms with Crippen LogP contribution >= 0.6 is 0 Å². The number of sulfonamides is 1. The van der Waals surface area contributed by atoms with E-state index in [-0.39, 0.29) is 0 Å². The Bertz CT molecular complexity index is 1170. The Labute approximate surface area is 168 Å². The fraction of sp³-hybridized carbons (Fsp3) is 0.474. The number of rotatable bonds is 3. The van der Waals surface area contributed by atoms with Crippen molar-refractivity contribution in [2.75, 3.05) is 19.8 Å². The number of fused-ring (bicyclic) bond motifs is 1. The molecule has 0 amide bonds. The van der Waals surface area contributed by atoms with E-state index in [0.717, 1.165) is 27.3 Å². The quantitative estimate of drug-likeness (QED) is 0.726. The maximum atomic E-state index is 13.3. The number of hydrogen-bond donors (Lipinski definition) is 0. The van der Waals surface area contributed by atoms with Gasteiger partial charge in [-0.25, -0.2) is 13.2 Å². The van der Waals surface area contributed by atoms with Crippen molar-refractivity contribution in [3.63, 3.8) is 0 Å². The van der Waals surface area contributed by atoms with Gasteiger partial charge in [-0.05, 0) is 30.5 Å². The van der Waals surface area contributed by atoms with Crippen LogP contribution in [0.15, 0.2) is 38.9 Å². The molecule has 0 aliphatic carbocycles. The predicted octanol–water partition coefficient (Wildman–Crippen LogP) is 0.771. The lowest BCUT2D eigenvalue weighted by Crippen LogP contribution is -2.42. The van der Waals surface area contributed by atoms with Gasteiger partial charge in [0.15, 0.2) is 16.4 Å². The van der Waals surface area contributed by atoms with Crippen LogP contribution in [0.4, 0.5) is 0 Å². The first-order valence-electron chi connectivity index (χ1n) is 9.49. The fourth-order valence-electron chi connectivity index (χ4n) is 3.83. The summed E-state index contributed by atoms with van der Waals surface area (Å²) in [6, 6.07) is 5.03. The molecule has 4 rings (SSSR count). The molecule has 0 radical (unpaired) electrons. The van der Waals surface area contributed by atoms with Gasteiger partial charge in [0.2, 0.25) is 0 Å². The van der Waals surface area contributed by atoms with Crippen LogP contribution in [0.3, 0.4) is 0 Å². The highest BCUT2D eigenvalue weighted by Crippen LogP contribution is 2.39. The highest BCUT2D eigenvalue weighted by atomic mass is 32.2. The van der Waals surface area contributed by atoms with E-state index < -0.39 is 32.2 Å². The summed E-state index contributed by atoms with van der Waals surface area (Å²) in [7, 11) is -1.39. The molecule has 2 aliphatic heterocycles. The maximum absolute atomic E-state index is 13.3. The molecule has 1 aromatic carbocycles. The fourth-order valence-corrected chi connectivity index (χ4v) is 5.66. The average Bonchev–Trinajstić information content (AvgIpc) is 3.09. The van der Waals surface area contributed by atoms with Crippen LogP contribution in [-0.2, 0) is 24.1 Å². The molecule has 2 aliphatic rings. The van der Waals surface area contributed by atoms with Gasteiger partial charge in [0.25, 0.3) is 15.6 Å². The third kappa shape index (κ3) is 3.36. The molecule has 0 saturated carbocycles. The topological polar surface area (TPSA) is 99.8 Å². The van der Waals surface area contributed by atoms with Crippen molar-refractivity contribution in [1.82, 2.24) is 13.4 Å². The van der Waals surface area contributed by atoms with Crippen LogP contribution < -0.4 is 20.7 Å². The minimum Gasteiger partial charge on any atom is -0.490 e. The lowest BCUT2D eigenvalue weighted by Gasteiger charge is -2.25. The first kappa shape index (κ1) is 19.7. The Balaban J connectivity index is 1.75. The molecule has 9 nitrogen and oxygen atoms in total. The lowest BCUT2D eigenvalue weighted by atomic mass is 10.0. The molecule has 1 fully saturated rings. The summed E-state index contributed by atoms with van der Waals surface area (Å²) in [6.07, 6.45) is 3.18. The first-order valence-corrected chi connectivity index (χ1v) is 10.9. The maximum Gasteiger partial charge on any atom is 0.330 e. The van der Waals surface area contributed by atoms with E-state index in [4.69, 9.17) is 9.47 Å². The summed E-state index contributed by atoms with van der Waals surface area (Å²) in [5.41, 5.74) is -0.607. The molecule has 0 N–H and O–H groups in total. The van der Waals surface area contributed by atoms with Crippen LogP contribution in [0.5, 0.6) is 11.5 Å². The number of nitrogens with zero attached hydrogens (tertiary/aromatic N) is 3. The van der Waals surface area contributed by atoms with Crippen LogP contribution in [0.25, 0.3) is 0 Å². The van der Waals surface area contributed by atoms with E-state index in [2.05, 4.69) is 0 Å². The molecule has 3 heterocycles. The normalized spacial score (nSPS) is 19.9. The number of benzene rings is 1.